The van der Waals surface area contributed by atoms with Crippen molar-refractivity contribution in [1.82, 2.24) is 19.9 Å². The Bertz CT molecular complexity index is 1400. The highest BCUT2D eigenvalue weighted by atomic mass is 16.1. The van der Waals surface area contributed by atoms with Crippen LogP contribution in [-0.4, -0.2) is 20.4 Å². The zero-order valence-corrected chi connectivity index (χ0v) is 20.1. The molecule has 0 spiro atoms. The highest BCUT2D eigenvalue weighted by Gasteiger charge is 2.19. The molecule has 8 nitrogen and oxygen atoms in total. The molecular formula is C27H29N7O. The Morgan fingerprint density at radius 2 is 1.91 bits per heavy atom. The molecule has 0 saturated carbocycles. The second kappa shape index (κ2) is 9.13. The van der Waals surface area contributed by atoms with Crippen LogP contribution in [0.2, 0.25) is 0 Å². The van der Waals surface area contributed by atoms with Crippen LogP contribution < -0.4 is 21.7 Å². The molecule has 2 aromatic carbocycles. The first-order valence-electron chi connectivity index (χ1n) is 11.6. The second-order valence-electron chi connectivity index (χ2n) is 9.00. The number of aryl methyl sites for hydroxylation is 3. The first-order valence-corrected chi connectivity index (χ1v) is 11.6. The van der Waals surface area contributed by atoms with Crippen LogP contribution in [0, 0.1) is 20.8 Å². The molecule has 35 heavy (non-hydrogen) atoms. The third kappa shape index (κ3) is 4.82. The largest absolute Gasteiger partial charge is 0.384 e. The van der Waals surface area contributed by atoms with E-state index in [4.69, 9.17) is 5.73 Å². The lowest BCUT2D eigenvalue weighted by molar-refractivity contribution is 0.0946. The van der Waals surface area contributed by atoms with Crippen molar-refractivity contribution in [2.45, 2.75) is 40.4 Å². The van der Waals surface area contributed by atoms with Crippen molar-refractivity contribution in [1.29, 1.82) is 0 Å². The van der Waals surface area contributed by atoms with Crippen LogP contribution in [0.4, 0.5) is 22.9 Å². The topological polar surface area (TPSA) is 110 Å². The molecule has 3 heterocycles. The van der Waals surface area contributed by atoms with Gasteiger partial charge in [-0.1, -0.05) is 18.2 Å². The van der Waals surface area contributed by atoms with Gasteiger partial charge in [0.15, 0.2) is 0 Å². The molecule has 1 aliphatic rings. The minimum atomic E-state index is -0.209. The van der Waals surface area contributed by atoms with Crippen molar-refractivity contribution < 1.29 is 4.79 Å². The number of rotatable bonds is 5. The molecule has 1 amide bonds. The predicted molar refractivity (Wildman–Crippen MR) is 139 cm³/mol. The fourth-order valence-corrected chi connectivity index (χ4v) is 4.46. The average molecular weight is 468 g/mol. The van der Waals surface area contributed by atoms with Gasteiger partial charge in [-0.2, -0.15) is 0 Å². The minimum Gasteiger partial charge on any atom is -0.384 e. The first kappa shape index (κ1) is 22.5. The normalized spacial score (nSPS) is 12.2. The summed E-state index contributed by atoms with van der Waals surface area (Å²) in [6.07, 6.45) is 1.82. The van der Waals surface area contributed by atoms with Gasteiger partial charge in [0.05, 0.1) is 13.1 Å². The number of nitrogens with two attached hydrogens (primary N) is 1. The Morgan fingerprint density at radius 3 is 2.71 bits per heavy atom. The van der Waals surface area contributed by atoms with E-state index in [0.29, 0.717) is 31.1 Å². The monoisotopic (exact) mass is 467 g/mol. The first-order chi connectivity index (χ1) is 16.9. The number of nitrogens with zero attached hydrogens (tertiary/aromatic N) is 3. The maximum absolute atomic E-state index is 12.8. The van der Waals surface area contributed by atoms with Crippen LogP contribution >= 0.6 is 0 Å². The molecule has 2 aromatic heterocycles. The molecule has 5 rings (SSSR count). The smallest absolute Gasteiger partial charge is 0.271 e. The molecule has 0 aliphatic carbocycles. The lowest BCUT2D eigenvalue weighted by Crippen LogP contribution is -2.24. The summed E-state index contributed by atoms with van der Waals surface area (Å²) in [4.78, 5) is 21.7. The van der Waals surface area contributed by atoms with E-state index in [2.05, 4.69) is 69.2 Å². The van der Waals surface area contributed by atoms with Gasteiger partial charge < -0.3 is 26.3 Å². The Hall–Kier alpha value is -4.33. The number of carbonyl (C=O) groups excluding carboxylic acids is 1. The van der Waals surface area contributed by atoms with Crippen molar-refractivity contribution in [3.63, 3.8) is 0 Å². The third-order valence-electron chi connectivity index (χ3n) is 6.29. The van der Waals surface area contributed by atoms with E-state index < -0.39 is 0 Å². The van der Waals surface area contributed by atoms with Crippen LogP contribution in [0.5, 0.6) is 0 Å². The standard InChI is InChI=1S/C27H29N7O/c1-16-5-4-6-20(9-16)32-21-8-7-19-14-34-15-24(33-26(34)13-29-23(19)11-21)27(35)30-12-22-17(2)10-25(28)31-18(22)3/h4-11,15,29,32H,12-14H2,1-3H3,(H2,28,31)(H,30,35). The van der Waals surface area contributed by atoms with E-state index in [9.17, 15) is 4.79 Å². The van der Waals surface area contributed by atoms with Gasteiger partial charge in [0.2, 0.25) is 0 Å². The van der Waals surface area contributed by atoms with E-state index in [1.165, 1.54) is 5.56 Å². The number of nitrogens with one attached hydrogen (secondary N) is 3. The summed E-state index contributed by atoms with van der Waals surface area (Å²) in [5, 5.41) is 9.91. The number of fused-ring (bicyclic) bond motifs is 2. The number of hydrogen-bond donors (Lipinski definition) is 4. The van der Waals surface area contributed by atoms with Gasteiger partial charge >= 0.3 is 0 Å². The van der Waals surface area contributed by atoms with Crippen LogP contribution in [0.1, 0.15) is 44.3 Å². The van der Waals surface area contributed by atoms with Gasteiger partial charge in [-0.25, -0.2) is 9.97 Å². The summed E-state index contributed by atoms with van der Waals surface area (Å²) in [5.41, 5.74) is 14.5. The van der Waals surface area contributed by atoms with Gasteiger partial charge in [0.1, 0.15) is 17.3 Å². The maximum Gasteiger partial charge on any atom is 0.271 e. The number of amides is 1. The summed E-state index contributed by atoms with van der Waals surface area (Å²) in [7, 11) is 0. The Morgan fingerprint density at radius 1 is 1.09 bits per heavy atom. The summed E-state index contributed by atoms with van der Waals surface area (Å²) < 4.78 is 2.03. The Kier molecular flexibility index (Phi) is 5.86. The fraction of sp³-hybridized carbons (Fsp3) is 0.222. The number of anilines is 4. The van der Waals surface area contributed by atoms with E-state index in [1.807, 2.05) is 36.7 Å². The van der Waals surface area contributed by atoms with Crippen molar-refractivity contribution in [2.24, 2.45) is 0 Å². The number of hydrogen-bond acceptors (Lipinski definition) is 6. The van der Waals surface area contributed by atoms with Gasteiger partial charge in [-0.3, -0.25) is 4.79 Å². The minimum absolute atomic E-state index is 0.209. The lowest BCUT2D eigenvalue weighted by atomic mass is 10.1. The van der Waals surface area contributed by atoms with E-state index in [0.717, 1.165) is 45.3 Å². The van der Waals surface area contributed by atoms with Gasteiger partial charge in [-0.15, -0.1) is 0 Å². The van der Waals surface area contributed by atoms with Crippen LogP contribution in [0.3, 0.4) is 0 Å². The predicted octanol–water partition coefficient (Wildman–Crippen LogP) is 4.43. The second-order valence-corrected chi connectivity index (χ2v) is 9.00. The van der Waals surface area contributed by atoms with Crippen molar-refractivity contribution >= 4 is 28.8 Å². The summed E-state index contributed by atoms with van der Waals surface area (Å²) in [6.45, 7) is 7.50. The fourth-order valence-electron chi connectivity index (χ4n) is 4.46. The SMILES string of the molecule is Cc1cccc(Nc2ccc3c(c2)NCc2nc(C(=O)NCc4c(C)cc(N)nc4C)cn2C3)c1. The van der Waals surface area contributed by atoms with Gasteiger partial charge in [0, 0.05) is 35.5 Å². The van der Waals surface area contributed by atoms with Gasteiger partial charge in [-0.05, 0) is 73.4 Å². The average Bonchev–Trinajstić information content (AvgIpc) is 3.13. The number of pyridine rings is 1. The number of imidazole rings is 1. The number of nitrogen functional groups attached to an aromatic ring is 1. The van der Waals surface area contributed by atoms with E-state index in [-0.39, 0.29) is 5.91 Å². The zero-order valence-electron chi connectivity index (χ0n) is 20.1. The molecule has 0 radical (unpaired) electrons. The summed E-state index contributed by atoms with van der Waals surface area (Å²) >= 11 is 0. The lowest BCUT2D eigenvalue weighted by Gasteiger charge is -2.12. The molecule has 1 aliphatic heterocycles. The Balaban J connectivity index is 1.28. The Labute approximate surface area is 204 Å². The van der Waals surface area contributed by atoms with Crippen molar-refractivity contribution in [2.75, 3.05) is 16.4 Å². The van der Waals surface area contributed by atoms with Crippen LogP contribution in [-0.2, 0) is 19.6 Å². The molecule has 0 fully saturated rings. The highest BCUT2D eigenvalue weighted by molar-refractivity contribution is 5.92. The highest BCUT2D eigenvalue weighted by Crippen LogP contribution is 2.28. The van der Waals surface area contributed by atoms with Crippen molar-refractivity contribution in [3.05, 3.63) is 94.2 Å². The number of aromatic nitrogens is 3. The van der Waals surface area contributed by atoms with E-state index in [1.54, 1.807) is 0 Å². The summed E-state index contributed by atoms with van der Waals surface area (Å²) in [6, 6.07) is 16.4. The quantitative estimate of drug-likeness (QED) is 0.346. The van der Waals surface area contributed by atoms with E-state index >= 15 is 0 Å². The number of carbonyl (C=O) groups is 1. The van der Waals surface area contributed by atoms with Crippen molar-refractivity contribution in [3.8, 4) is 0 Å². The molecule has 0 atom stereocenters. The molecule has 8 heteroatoms. The van der Waals surface area contributed by atoms with Crippen LogP contribution in [0.15, 0.2) is 54.7 Å². The van der Waals surface area contributed by atoms with Gasteiger partial charge in [0.25, 0.3) is 5.91 Å². The van der Waals surface area contributed by atoms with Crippen LogP contribution in [0.25, 0.3) is 0 Å². The maximum atomic E-state index is 12.8. The zero-order chi connectivity index (χ0) is 24.5. The molecular weight excluding hydrogens is 438 g/mol. The number of benzene rings is 2. The molecule has 178 valence electrons. The molecule has 4 aromatic rings. The molecule has 5 N–H and O–H groups in total. The third-order valence-corrected chi connectivity index (χ3v) is 6.29. The molecule has 0 bridgehead atoms. The molecule has 0 unspecified atom stereocenters. The summed E-state index contributed by atoms with van der Waals surface area (Å²) in [5.74, 6) is 1.10. The molecule has 0 saturated heterocycles.